The van der Waals surface area contributed by atoms with Crippen molar-refractivity contribution in [3.63, 3.8) is 0 Å². The van der Waals surface area contributed by atoms with E-state index in [1.165, 1.54) is 24.3 Å². The number of carbonyl (C=O) groups excluding carboxylic acids is 2. The molecule has 1 heterocycles. The lowest BCUT2D eigenvalue weighted by Gasteiger charge is -2.06. The van der Waals surface area contributed by atoms with Crippen molar-refractivity contribution < 1.29 is 23.7 Å². The Balaban J connectivity index is 1.50. The maximum Gasteiger partial charge on any atom is 0.305 e. The van der Waals surface area contributed by atoms with Crippen LogP contribution in [0.25, 0.3) is 0 Å². The van der Waals surface area contributed by atoms with Crippen LogP contribution in [-0.4, -0.2) is 16.7 Å². The fourth-order valence-electron chi connectivity index (χ4n) is 2.49. The number of hydrogen-bond donors (Lipinski definition) is 2. The van der Waals surface area contributed by atoms with Crippen LogP contribution < -0.4 is 15.6 Å². The average Bonchev–Trinajstić information content (AvgIpc) is 3.21. The summed E-state index contributed by atoms with van der Waals surface area (Å²) in [5.74, 6) is -0.177. The Hall–Kier alpha value is -4.14. The largest absolute Gasteiger partial charge is 0.486 e. The van der Waals surface area contributed by atoms with E-state index in [4.69, 9.17) is 9.15 Å². The lowest BCUT2D eigenvalue weighted by atomic mass is 10.1. The molecule has 0 aliphatic heterocycles. The van der Waals surface area contributed by atoms with Crippen molar-refractivity contribution in [1.82, 2.24) is 10.9 Å². The van der Waals surface area contributed by atoms with Gasteiger partial charge in [-0.2, -0.15) is 0 Å². The maximum absolute atomic E-state index is 12.1. The summed E-state index contributed by atoms with van der Waals surface area (Å²) in [5, 5.41) is 11.0. The van der Waals surface area contributed by atoms with E-state index >= 15 is 0 Å². The molecule has 0 saturated carbocycles. The van der Waals surface area contributed by atoms with Crippen LogP contribution in [0.2, 0.25) is 0 Å². The monoisotopic (exact) mass is 395 g/mol. The molecule has 9 nitrogen and oxygen atoms in total. The molecule has 0 radical (unpaired) electrons. The van der Waals surface area contributed by atoms with Gasteiger partial charge in [-0.05, 0) is 24.3 Å². The number of furan rings is 1. The predicted octanol–water partition coefficient (Wildman–Crippen LogP) is 2.77. The summed E-state index contributed by atoms with van der Waals surface area (Å²) in [6.07, 6.45) is -0.258. The van der Waals surface area contributed by atoms with Crippen molar-refractivity contribution in [3.8, 4) is 5.75 Å². The standard InChI is InChI=1S/C20H17N3O6/c24-19(12-14-6-4-5-9-17(14)23(26)27)21-22-20(25)18-11-10-16(29-18)13-28-15-7-2-1-3-8-15/h1-11H,12-13H2,(H,21,24)(H,22,25). The number of nitrogens with zero attached hydrogens (tertiary/aromatic N) is 1. The van der Waals surface area contributed by atoms with E-state index in [1.807, 2.05) is 18.2 Å². The maximum atomic E-state index is 12.1. The highest BCUT2D eigenvalue weighted by atomic mass is 16.6. The zero-order chi connectivity index (χ0) is 20.6. The van der Waals surface area contributed by atoms with Crippen molar-refractivity contribution in [2.75, 3.05) is 0 Å². The summed E-state index contributed by atoms with van der Waals surface area (Å²) in [5.41, 5.74) is 4.50. The number of nitro groups is 1. The summed E-state index contributed by atoms with van der Waals surface area (Å²) in [6, 6.07) is 18.1. The third-order valence-corrected chi connectivity index (χ3v) is 3.86. The van der Waals surface area contributed by atoms with Crippen molar-refractivity contribution in [2.45, 2.75) is 13.0 Å². The van der Waals surface area contributed by atoms with E-state index in [1.54, 1.807) is 24.3 Å². The minimum atomic E-state index is -0.660. The number of amides is 2. The summed E-state index contributed by atoms with van der Waals surface area (Å²) < 4.78 is 10.9. The zero-order valence-corrected chi connectivity index (χ0v) is 15.2. The van der Waals surface area contributed by atoms with Gasteiger partial charge in [-0.25, -0.2) is 0 Å². The second-order valence-electron chi connectivity index (χ2n) is 5.93. The molecule has 148 valence electrons. The number of hydrogen-bond acceptors (Lipinski definition) is 6. The fourth-order valence-corrected chi connectivity index (χ4v) is 2.49. The molecule has 3 rings (SSSR count). The molecule has 0 fully saturated rings. The molecule has 0 aliphatic rings. The number of nitrogens with one attached hydrogen (secondary N) is 2. The van der Waals surface area contributed by atoms with Crippen molar-refractivity contribution in [3.05, 3.63) is 93.9 Å². The van der Waals surface area contributed by atoms with Crippen LogP contribution in [0.1, 0.15) is 21.9 Å². The molecule has 2 N–H and O–H groups in total. The molecule has 2 aromatic carbocycles. The SMILES string of the molecule is O=C(Cc1ccccc1[N+](=O)[O-])NNC(=O)c1ccc(COc2ccccc2)o1. The van der Waals surface area contributed by atoms with Gasteiger partial charge in [-0.1, -0.05) is 36.4 Å². The molecule has 2 amide bonds. The Kier molecular flexibility index (Phi) is 6.21. The first-order valence-electron chi connectivity index (χ1n) is 8.61. The van der Waals surface area contributed by atoms with Gasteiger partial charge in [0.15, 0.2) is 5.76 Å². The Labute approximate surface area is 165 Å². The first-order chi connectivity index (χ1) is 14.0. The summed E-state index contributed by atoms with van der Waals surface area (Å²) >= 11 is 0. The van der Waals surface area contributed by atoms with Gasteiger partial charge >= 0.3 is 5.91 Å². The van der Waals surface area contributed by atoms with Gasteiger partial charge in [-0.15, -0.1) is 0 Å². The number of carbonyl (C=O) groups is 2. The Morgan fingerprint density at radius 1 is 0.966 bits per heavy atom. The lowest BCUT2D eigenvalue weighted by molar-refractivity contribution is -0.385. The summed E-state index contributed by atoms with van der Waals surface area (Å²) in [7, 11) is 0. The molecule has 1 aromatic heterocycles. The highest BCUT2D eigenvalue weighted by Crippen LogP contribution is 2.18. The van der Waals surface area contributed by atoms with Crippen LogP contribution in [0.3, 0.4) is 0 Å². The van der Waals surface area contributed by atoms with E-state index in [9.17, 15) is 19.7 Å². The van der Waals surface area contributed by atoms with E-state index in [0.29, 0.717) is 11.5 Å². The van der Waals surface area contributed by atoms with Gasteiger partial charge in [0.25, 0.3) is 5.69 Å². The molecule has 0 bridgehead atoms. The van der Waals surface area contributed by atoms with Crippen LogP contribution in [0.15, 0.2) is 71.1 Å². The number of para-hydroxylation sites is 2. The van der Waals surface area contributed by atoms with Crippen molar-refractivity contribution in [2.24, 2.45) is 0 Å². The molecule has 0 atom stereocenters. The molecule has 0 unspecified atom stereocenters. The van der Waals surface area contributed by atoms with Gasteiger partial charge in [0.05, 0.1) is 11.3 Å². The van der Waals surface area contributed by atoms with E-state index in [2.05, 4.69) is 10.9 Å². The Bertz CT molecular complexity index is 1020. The first kappa shape index (κ1) is 19.6. The van der Waals surface area contributed by atoms with E-state index in [-0.39, 0.29) is 30.0 Å². The molecule has 3 aromatic rings. The van der Waals surface area contributed by atoms with Crippen molar-refractivity contribution in [1.29, 1.82) is 0 Å². The average molecular weight is 395 g/mol. The third kappa shape index (κ3) is 5.42. The summed E-state index contributed by atoms with van der Waals surface area (Å²) in [6.45, 7) is 0.140. The Morgan fingerprint density at radius 3 is 2.45 bits per heavy atom. The smallest absolute Gasteiger partial charge is 0.305 e. The van der Waals surface area contributed by atoms with Crippen LogP contribution in [0.4, 0.5) is 5.69 Å². The molecule has 9 heteroatoms. The van der Waals surface area contributed by atoms with Gasteiger partial charge in [0.1, 0.15) is 18.1 Å². The summed E-state index contributed by atoms with van der Waals surface area (Å²) in [4.78, 5) is 34.5. The lowest BCUT2D eigenvalue weighted by Crippen LogP contribution is -2.42. The highest BCUT2D eigenvalue weighted by molar-refractivity contribution is 5.93. The zero-order valence-electron chi connectivity index (χ0n) is 15.2. The normalized spacial score (nSPS) is 10.2. The fraction of sp³-hybridized carbons (Fsp3) is 0.100. The van der Waals surface area contributed by atoms with E-state index < -0.39 is 16.7 Å². The minimum absolute atomic E-state index is 0.0114. The van der Waals surface area contributed by atoms with Crippen LogP contribution >= 0.6 is 0 Å². The van der Waals surface area contributed by atoms with Gasteiger partial charge in [0, 0.05) is 11.6 Å². The molecule has 29 heavy (non-hydrogen) atoms. The van der Waals surface area contributed by atoms with Crippen molar-refractivity contribution >= 4 is 17.5 Å². The number of nitro benzene ring substituents is 1. The van der Waals surface area contributed by atoms with Crippen LogP contribution in [0, 0.1) is 10.1 Å². The highest BCUT2D eigenvalue weighted by Gasteiger charge is 2.17. The van der Waals surface area contributed by atoms with Gasteiger partial charge < -0.3 is 9.15 Å². The molecular weight excluding hydrogens is 378 g/mol. The molecule has 0 spiro atoms. The molecule has 0 aliphatic carbocycles. The number of benzene rings is 2. The van der Waals surface area contributed by atoms with Crippen LogP contribution in [-0.2, 0) is 17.8 Å². The van der Waals surface area contributed by atoms with Crippen LogP contribution in [0.5, 0.6) is 5.75 Å². The number of ether oxygens (including phenoxy) is 1. The quantitative estimate of drug-likeness (QED) is 0.468. The second-order valence-corrected chi connectivity index (χ2v) is 5.93. The Morgan fingerprint density at radius 2 is 1.69 bits per heavy atom. The number of hydrazine groups is 1. The van der Waals surface area contributed by atoms with Gasteiger partial charge in [-0.3, -0.25) is 30.6 Å². The molecule has 0 saturated heterocycles. The third-order valence-electron chi connectivity index (χ3n) is 3.86. The number of rotatable bonds is 7. The second kappa shape index (κ2) is 9.18. The molecular formula is C20H17N3O6. The topological polar surface area (TPSA) is 124 Å². The minimum Gasteiger partial charge on any atom is -0.486 e. The predicted molar refractivity (Wildman–Crippen MR) is 102 cm³/mol. The van der Waals surface area contributed by atoms with Gasteiger partial charge in [0.2, 0.25) is 5.91 Å². The first-order valence-corrected chi connectivity index (χ1v) is 8.61. The van der Waals surface area contributed by atoms with E-state index in [0.717, 1.165) is 0 Å².